The fourth-order valence-electron chi connectivity index (χ4n) is 4.98. The van der Waals surface area contributed by atoms with Crippen LogP contribution in [0.2, 0.25) is 0 Å². The lowest BCUT2D eigenvalue weighted by atomic mass is 9.80. The number of likely N-dealkylation sites (N-methyl/N-ethyl adjacent to an activating group) is 1. The van der Waals surface area contributed by atoms with Gasteiger partial charge >= 0.3 is 0 Å². The first-order valence-corrected chi connectivity index (χ1v) is 10.8. The summed E-state index contributed by atoms with van der Waals surface area (Å²) in [4.78, 5) is 29.6. The van der Waals surface area contributed by atoms with Crippen molar-refractivity contribution in [3.8, 4) is 0 Å². The Morgan fingerprint density at radius 1 is 1.21 bits per heavy atom. The lowest BCUT2D eigenvalue weighted by molar-refractivity contribution is -0.128. The number of amides is 2. The van der Waals surface area contributed by atoms with E-state index < -0.39 is 5.54 Å². The number of H-pyrrole nitrogens is 1. The molecule has 1 heterocycles. The largest absolute Gasteiger partial charge is 0.358 e. The van der Waals surface area contributed by atoms with Crippen molar-refractivity contribution in [2.75, 3.05) is 6.54 Å². The van der Waals surface area contributed by atoms with Gasteiger partial charge < -0.3 is 15.6 Å². The van der Waals surface area contributed by atoms with Gasteiger partial charge in [0, 0.05) is 17.6 Å². The van der Waals surface area contributed by atoms with E-state index in [1.54, 1.807) is 0 Å². The third kappa shape index (κ3) is 3.31. The molecule has 28 heavy (non-hydrogen) atoms. The first-order chi connectivity index (χ1) is 13.5. The number of fused-ring (bicyclic) bond motifs is 3. The quantitative estimate of drug-likeness (QED) is 0.752. The number of hydrogen-bond acceptors (Lipinski definition) is 2. The highest BCUT2D eigenvalue weighted by molar-refractivity contribution is 6.08. The van der Waals surface area contributed by atoms with E-state index in [4.69, 9.17) is 0 Å². The minimum absolute atomic E-state index is 0.0465. The van der Waals surface area contributed by atoms with Gasteiger partial charge in [-0.1, -0.05) is 38.3 Å². The molecule has 5 heteroatoms. The van der Waals surface area contributed by atoms with Crippen LogP contribution in [0.25, 0.3) is 10.9 Å². The van der Waals surface area contributed by atoms with Gasteiger partial charge in [-0.25, -0.2) is 0 Å². The number of carbonyl (C=O) groups is 2. The molecule has 2 aliphatic carbocycles. The fraction of sp³-hybridized carbons (Fsp3) is 0.565. The first kappa shape index (κ1) is 19.0. The Labute approximate surface area is 166 Å². The van der Waals surface area contributed by atoms with E-state index in [9.17, 15) is 9.59 Å². The lowest BCUT2D eigenvalue weighted by Crippen LogP contribution is -2.59. The number of aryl methyl sites for hydroxylation is 1. The molecule has 0 radical (unpaired) electrons. The summed E-state index contributed by atoms with van der Waals surface area (Å²) in [5.74, 6) is 0.479. The summed E-state index contributed by atoms with van der Waals surface area (Å²) in [6.45, 7) is 4.78. The zero-order valence-corrected chi connectivity index (χ0v) is 17.0. The van der Waals surface area contributed by atoms with Crippen LogP contribution in [0.15, 0.2) is 18.2 Å². The average Bonchev–Trinajstić information content (AvgIpc) is 3.06. The average molecular weight is 382 g/mol. The van der Waals surface area contributed by atoms with Crippen LogP contribution in [0, 0.1) is 5.92 Å². The van der Waals surface area contributed by atoms with E-state index in [1.165, 1.54) is 17.7 Å². The molecule has 3 N–H and O–H groups in total. The highest BCUT2D eigenvalue weighted by Gasteiger charge is 2.41. The molecule has 1 saturated carbocycles. The van der Waals surface area contributed by atoms with Crippen LogP contribution in [0.4, 0.5) is 0 Å². The van der Waals surface area contributed by atoms with Crippen molar-refractivity contribution in [3.63, 3.8) is 0 Å². The Kier molecular flexibility index (Phi) is 5.17. The molecule has 150 valence electrons. The monoisotopic (exact) mass is 381 g/mol. The van der Waals surface area contributed by atoms with Crippen molar-refractivity contribution in [2.24, 2.45) is 5.92 Å². The van der Waals surface area contributed by atoms with Gasteiger partial charge in [-0.15, -0.1) is 0 Å². The van der Waals surface area contributed by atoms with E-state index in [1.807, 2.05) is 19.1 Å². The van der Waals surface area contributed by atoms with Gasteiger partial charge in [0.05, 0.1) is 11.1 Å². The van der Waals surface area contributed by atoms with Crippen LogP contribution >= 0.6 is 0 Å². The van der Waals surface area contributed by atoms with Crippen LogP contribution in [-0.4, -0.2) is 28.9 Å². The Morgan fingerprint density at radius 3 is 2.75 bits per heavy atom. The number of rotatable bonds is 4. The van der Waals surface area contributed by atoms with Gasteiger partial charge in [-0.2, -0.15) is 0 Å². The topological polar surface area (TPSA) is 74.0 Å². The van der Waals surface area contributed by atoms with Crippen LogP contribution in [0.5, 0.6) is 0 Å². The zero-order valence-electron chi connectivity index (χ0n) is 17.0. The summed E-state index contributed by atoms with van der Waals surface area (Å²) in [5.41, 5.74) is 3.41. The summed E-state index contributed by atoms with van der Waals surface area (Å²) in [6, 6.07) is 5.95. The van der Waals surface area contributed by atoms with Gasteiger partial charge in [0.1, 0.15) is 5.54 Å². The summed E-state index contributed by atoms with van der Waals surface area (Å²) in [5, 5.41) is 7.23. The van der Waals surface area contributed by atoms with E-state index in [0.29, 0.717) is 30.9 Å². The maximum absolute atomic E-state index is 13.3. The van der Waals surface area contributed by atoms with Crippen molar-refractivity contribution in [2.45, 2.75) is 70.8 Å². The number of carbonyl (C=O) groups excluding carboxylic acids is 2. The molecule has 4 rings (SSSR count). The van der Waals surface area contributed by atoms with Crippen LogP contribution < -0.4 is 10.6 Å². The second-order valence-electron chi connectivity index (χ2n) is 8.61. The lowest BCUT2D eigenvalue weighted by Gasteiger charge is -2.36. The summed E-state index contributed by atoms with van der Waals surface area (Å²) in [7, 11) is 0. The van der Waals surface area contributed by atoms with Crippen LogP contribution in [0.3, 0.4) is 0 Å². The molecule has 1 aromatic heterocycles. The molecule has 2 aliphatic rings. The van der Waals surface area contributed by atoms with Crippen molar-refractivity contribution in [1.29, 1.82) is 0 Å². The normalized spacial score (nSPS) is 21.1. The maximum Gasteiger partial charge on any atom is 0.254 e. The third-order valence-corrected chi connectivity index (χ3v) is 6.55. The zero-order chi connectivity index (χ0) is 19.7. The molecule has 0 saturated heterocycles. The predicted molar refractivity (Wildman–Crippen MR) is 111 cm³/mol. The molecular formula is C23H31N3O2. The van der Waals surface area contributed by atoms with E-state index in [0.717, 1.165) is 43.0 Å². The molecule has 1 fully saturated rings. The van der Waals surface area contributed by atoms with Gasteiger partial charge in [-0.3, -0.25) is 9.59 Å². The summed E-state index contributed by atoms with van der Waals surface area (Å²) >= 11 is 0. The third-order valence-electron chi connectivity index (χ3n) is 6.55. The van der Waals surface area contributed by atoms with Gasteiger partial charge in [-0.05, 0) is 56.6 Å². The Hall–Kier alpha value is -2.30. The van der Waals surface area contributed by atoms with Crippen LogP contribution in [-0.2, 0) is 17.6 Å². The first-order valence-electron chi connectivity index (χ1n) is 10.8. The highest BCUT2D eigenvalue weighted by Crippen LogP contribution is 2.34. The molecule has 5 nitrogen and oxygen atoms in total. The van der Waals surface area contributed by atoms with Crippen molar-refractivity contribution in [1.82, 2.24) is 15.6 Å². The minimum Gasteiger partial charge on any atom is -0.358 e. The van der Waals surface area contributed by atoms with Crippen molar-refractivity contribution in [3.05, 3.63) is 35.0 Å². The van der Waals surface area contributed by atoms with E-state index >= 15 is 0 Å². The van der Waals surface area contributed by atoms with Gasteiger partial charge in [0.2, 0.25) is 5.91 Å². The van der Waals surface area contributed by atoms with Crippen LogP contribution in [0.1, 0.15) is 74.0 Å². The standard InChI is InChI=1S/C23H31N3O2/c1-3-24-22(28)23(12-5-4-6-13-23)26-21(27)17-9-7-8-16-18-14-15(2)10-11-19(18)25-20(16)17/h7-9,15,25H,3-6,10-14H2,1-2H3,(H,24,28)(H,26,27). The Bertz CT molecular complexity index is 893. The van der Waals surface area contributed by atoms with Crippen molar-refractivity contribution < 1.29 is 9.59 Å². The number of para-hydroxylation sites is 1. The molecular weight excluding hydrogens is 350 g/mol. The fourth-order valence-corrected chi connectivity index (χ4v) is 4.98. The molecule has 1 aromatic carbocycles. The second-order valence-corrected chi connectivity index (χ2v) is 8.61. The second kappa shape index (κ2) is 7.61. The molecule has 0 aliphatic heterocycles. The van der Waals surface area contributed by atoms with E-state index in [-0.39, 0.29) is 11.8 Å². The molecule has 0 spiro atoms. The van der Waals surface area contributed by atoms with Gasteiger partial charge in [0.15, 0.2) is 0 Å². The Morgan fingerprint density at radius 2 is 2.00 bits per heavy atom. The number of aromatic nitrogens is 1. The number of benzene rings is 1. The molecule has 2 aromatic rings. The molecule has 2 amide bonds. The smallest absolute Gasteiger partial charge is 0.254 e. The van der Waals surface area contributed by atoms with E-state index in [2.05, 4.69) is 28.6 Å². The number of hydrogen-bond donors (Lipinski definition) is 3. The predicted octanol–water partition coefficient (Wildman–Crippen LogP) is 3.86. The molecule has 0 bridgehead atoms. The summed E-state index contributed by atoms with van der Waals surface area (Å²) in [6.07, 6.45) is 7.75. The molecule has 1 unspecified atom stereocenters. The summed E-state index contributed by atoms with van der Waals surface area (Å²) < 4.78 is 0. The Balaban J connectivity index is 1.67. The highest BCUT2D eigenvalue weighted by atomic mass is 16.2. The van der Waals surface area contributed by atoms with Crippen molar-refractivity contribution >= 4 is 22.7 Å². The number of aromatic amines is 1. The minimum atomic E-state index is -0.783. The SMILES string of the molecule is CCNC(=O)C1(NC(=O)c2cccc3c4c([nH]c23)CCC(C)C4)CCCCC1. The molecule has 1 atom stereocenters. The maximum atomic E-state index is 13.3. The van der Waals surface area contributed by atoms with Gasteiger partial charge in [0.25, 0.3) is 5.91 Å². The number of nitrogens with one attached hydrogen (secondary N) is 3.